The molecule has 3 aromatic rings. The van der Waals surface area contributed by atoms with Crippen LogP contribution in [-0.2, 0) is 38.5 Å². The summed E-state index contributed by atoms with van der Waals surface area (Å²) in [6.45, 7) is 3.29. The number of hydrogen-bond acceptors (Lipinski definition) is 5. The van der Waals surface area contributed by atoms with E-state index in [0.29, 0.717) is 37.5 Å². The number of unbranched alkanes of at least 4 members (excludes halogenated alkanes) is 1. The highest BCUT2D eigenvalue weighted by Crippen LogP contribution is 2.24. The second kappa shape index (κ2) is 16.1. The lowest BCUT2D eigenvalue weighted by molar-refractivity contribution is -0.155. The number of ether oxygens (including phenoxy) is 1. The third-order valence-corrected chi connectivity index (χ3v) is 8.25. The van der Waals surface area contributed by atoms with Crippen LogP contribution in [0.1, 0.15) is 36.5 Å². The van der Waals surface area contributed by atoms with E-state index in [2.05, 4.69) is 18.3 Å². The van der Waals surface area contributed by atoms with E-state index in [4.69, 9.17) is 16.3 Å². The first kappa shape index (κ1) is 33.5. The van der Waals surface area contributed by atoms with Gasteiger partial charge < -0.3 is 24.8 Å². The molecule has 0 aromatic heterocycles. The molecule has 1 aliphatic heterocycles. The van der Waals surface area contributed by atoms with Crippen LogP contribution in [0, 0.1) is 0 Å². The van der Waals surface area contributed by atoms with Crippen LogP contribution >= 0.6 is 11.6 Å². The first-order chi connectivity index (χ1) is 21.7. The smallest absolute Gasteiger partial charge is 0.409 e. The molecule has 3 aromatic carbocycles. The molecule has 0 radical (unpaired) electrons. The predicted octanol–water partition coefficient (Wildman–Crippen LogP) is 4.95. The van der Waals surface area contributed by atoms with E-state index in [1.54, 1.807) is 24.1 Å². The minimum Gasteiger partial charge on any atom is -0.453 e. The first-order valence-corrected chi connectivity index (χ1v) is 15.6. The zero-order chi connectivity index (χ0) is 32.3. The molecule has 1 heterocycles. The van der Waals surface area contributed by atoms with Crippen LogP contribution in [0.5, 0.6) is 0 Å². The summed E-state index contributed by atoms with van der Waals surface area (Å²) in [6.07, 6.45) is 2.51. The van der Waals surface area contributed by atoms with Crippen molar-refractivity contribution in [2.45, 2.75) is 45.2 Å². The fourth-order valence-corrected chi connectivity index (χ4v) is 5.45. The van der Waals surface area contributed by atoms with Crippen LogP contribution < -0.4 is 5.32 Å². The van der Waals surface area contributed by atoms with Gasteiger partial charge >= 0.3 is 6.09 Å². The zero-order valence-electron chi connectivity index (χ0n) is 26.1. The molecule has 9 nitrogen and oxygen atoms in total. The molecule has 238 valence electrons. The van der Waals surface area contributed by atoms with Crippen molar-refractivity contribution in [1.29, 1.82) is 0 Å². The van der Waals surface area contributed by atoms with Gasteiger partial charge in [-0.1, -0.05) is 79.5 Å². The van der Waals surface area contributed by atoms with Gasteiger partial charge in [-0.3, -0.25) is 14.4 Å². The molecular weight excluding hydrogens is 592 g/mol. The van der Waals surface area contributed by atoms with Gasteiger partial charge in [0, 0.05) is 38.1 Å². The molecule has 1 atom stereocenters. The fraction of sp³-hybridized carbons (Fsp3) is 0.371. The molecule has 1 fully saturated rings. The molecule has 1 saturated heterocycles. The number of piperazine rings is 1. The number of likely N-dealkylation sites (N-methyl/N-ethyl adjacent to an activating group) is 1. The quantitative estimate of drug-likeness (QED) is 0.288. The lowest BCUT2D eigenvalue weighted by atomic mass is 9.97. The number of halogens is 1. The molecule has 10 heteroatoms. The Kier molecular flexibility index (Phi) is 12.0. The summed E-state index contributed by atoms with van der Waals surface area (Å²) in [7, 11) is 3.03. The summed E-state index contributed by atoms with van der Waals surface area (Å²) < 4.78 is 4.97. The Labute approximate surface area is 270 Å². The highest BCUT2D eigenvalue weighted by atomic mass is 35.5. The number of methoxy groups -OCH3 is 1. The van der Waals surface area contributed by atoms with Gasteiger partial charge in [-0.05, 0) is 58.9 Å². The number of rotatable bonds is 13. The van der Waals surface area contributed by atoms with Crippen molar-refractivity contribution < 1.29 is 23.9 Å². The largest absolute Gasteiger partial charge is 0.453 e. The van der Waals surface area contributed by atoms with E-state index < -0.39 is 6.04 Å². The third kappa shape index (κ3) is 9.31. The molecule has 45 heavy (non-hydrogen) atoms. The average Bonchev–Trinajstić information content (AvgIpc) is 3.05. The number of nitrogens with one attached hydrogen (secondary N) is 1. The Morgan fingerprint density at radius 1 is 0.978 bits per heavy atom. The van der Waals surface area contributed by atoms with Gasteiger partial charge in [0.25, 0.3) is 0 Å². The molecule has 0 unspecified atom stereocenters. The second-order valence-electron chi connectivity index (χ2n) is 11.3. The third-order valence-electron chi connectivity index (χ3n) is 8.00. The topological polar surface area (TPSA) is 99.3 Å². The lowest BCUT2D eigenvalue weighted by Gasteiger charge is -2.38. The monoisotopic (exact) mass is 632 g/mol. The van der Waals surface area contributed by atoms with E-state index in [9.17, 15) is 19.2 Å². The van der Waals surface area contributed by atoms with Gasteiger partial charge in [0.15, 0.2) is 0 Å². The Bertz CT molecular complexity index is 1480. The SMILES string of the molecule is CCCCN(Cc1cccc(-c2ccc(C[C@H]3C(=O)N(CC(=O)NCCc4ccc(Cl)cc4)CC(=O)N3C)cc2)c1)C(=O)OC. The van der Waals surface area contributed by atoms with Crippen LogP contribution in [-0.4, -0.2) is 84.9 Å². The van der Waals surface area contributed by atoms with Crippen LogP contribution in [0.2, 0.25) is 5.02 Å². The molecule has 1 aliphatic rings. The van der Waals surface area contributed by atoms with E-state index >= 15 is 0 Å². The average molecular weight is 633 g/mol. The van der Waals surface area contributed by atoms with Crippen LogP contribution in [0.4, 0.5) is 4.79 Å². The van der Waals surface area contributed by atoms with E-state index in [1.165, 1.54) is 16.9 Å². The molecule has 0 aliphatic carbocycles. The summed E-state index contributed by atoms with van der Waals surface area (Å²) in [6, 6.07) is 22.6. The van der Waals surface area contributed by atoms with Crippen molar-refractivity contribution in [2.24, 2.45) is 0 Å². The molecule has 4 rings (SSSR count). The maximum absolute atomic E-state index is 13.4. The minimum absolute atomic E-state index is 0.127. The van der Waals surface area contributed by atoms with Crippen LogP contribution in [0.15, 0.2) is 72.8 Å². The summed E-state index contributed by atoms with van der Waals surface area (Å²) in [5.41, 5.74) is 4.94. The second-order valence-corrected chi connectivity index (χ2v) is 11.7. The summed E-state index contributed by atoms with van der Waals surface area (Å²) in [5.74, 6) is -0.762. The lowest BCUT2D eigenvalue weighted by Crippen LogP contribution is -2.60. The molecule has 0 bridgehead atoms. The van der Waals surface area contributed by atoms with E-state index in [-0.39, 0.29) is 36.9 Å². The number of carbonyl (C=O) groups excluding carboxylic acids is 4. The summed E-state index contributed by atoms with van der Waals surface area (Å²) >= 11 is 5.93. The molecule has 4 amide bonds. The van der Waals surface area contributed by atoms with Gasteiger partial charge in [0.1, 0.15) is 19.1 Å². The van der Waals surface area contributed by atoms with E-state index in [1.807, 2.05) is 54.6 Å². The maximum Gasteiger partial charge on any atom is 0.409 e. The highest BCUT2D eigenvalue weighted by molar-refractivity contribution is 6.30. The van der Waals surface area contributed by atoms with Crippen molar-refractivity contribution in [3.63, 3.8) is 0 Å². The number of hydrogen-bond donors (Lipinski definition) is 1. The number of nitrogens with zero attached hydrogens (tertiary/aromatic N) is 3. The van der Waals surface area contributed by atoms with Crippen molar-refractivity contribution in [1.82, 2.24) is 20.0 Å². The molecule has 0 saturated carbocycles. The first-order valence-electron chi connectivity index (χ1n) is 15.2. The molecule has 1 N–H and O–H groups in total. The number of carbonyl (C=O) groups is 4. The minimum atomic E-state index is -0.699. The van der Waals surface area contributed by atoms with Crippen LogP contribution in [0.25, 0.3) is 11.1 Å². The standard InChI is InChI=1S/C35H41ClN4O5/c1-4-5-19-39(35(44)45-3)22-27-7-6-8-29(20-27)28-13-9-26(10-14-28)21-31-34(43)40(24-33(42)38(31)2)23-32(41)37-18-17-25-11-15-30(36)16-12-25/h6-16,20,31H,4-5,17-19,21-24H2,1-3H3,(H,37,41)/t31-/m0/s1. The predicted molar refractivity (Wildman–Crippen MR) is 175 cm³/mol. The van der Waals surface area contributed by atoms with Gasteiger partial charge in [0.2, 0.25) is 17.7 Å². The summed E-state index contributed by atoms with van der Waals surface area (Å²) in [5, 5.41) is 3.49. The fourth-order valence-electron chi connectivity index (χ4n) is 5.33. The van der Waals surface area contributed by atoms with Crippen molar-refractivity contribution >= 4 is 35.4 Å². The Hall–Kier alpha value is -4.37. The Balaban J connectivity index is 1.36. The van der Waals surface area contributed by atoms with Gasteiger partial charge in [-0.15, -0.1) is 0 Å². The van der Waals surface area contributed by atoms with Gasteiger partial charge in [-0.2, -0.15) is 0 Å². The van der Waals surface area contributed by atoms with E-state index in [0.717, 1.165) is 40.7 Å². The Morgan fingerprint density at radius 2 is 1.69 bits per heavy atom. The van der Waals surface area contributed by atoms with Crippen molar-refractivity contribution in [2.75, 3.05) is 40.3 Å². The normalized spacial score (nSPS) is 14.8. The molecular formula is C35H41ClN4O5. The van der Waals surface area contributed by atoms with Crippen LogP contribution in [0.3, 0.4) is 0 Å². The van der Waals surface area contributed by atoms with Crippen molar-refractivity contribution in [3.05, 3.63) is 94.5 Å². The maximum atomic E-state index is 13.4. The Morgan fingerprint density at radius 3 is 2.38 bits per heavy atom. The molecule has 0 spiro atoms. The van der Waals surface area contributed by atoms with Gasteiger partial charge in [0.05, 0.1) is 7.11 Å². The highest BCUT2D eigenvalue weighted by Gasteiger charge is 2.37. The van der Waals surface area contributed by atoms with Gasteiger partial charge in [-0.25, -0.2) is 4.79 Å². The van der Waals surface area contributed by atoms with Crippen molar-refractivity contribution in [3.8, 4) is 11.1 Å². The number of benzene rings is 3. The summed E-state index contributed by atoms with van der Waals surface area (Å²) in [4.78, 5) is 55.6. The number of amides is 4. The zero-order valence-corrected chi connectivity index (χ0v) is 26.9.